The summed E-state index contributed by atoms with van der Waals surface area (Å²) in [5.74, 6) is 0.766. The van der Waals surface area contributed by atoms with Crippen LogP contribution in [0.4, 0.5) is 10.1 Å². The third-order valence-electron chi connectivity index (χ3n) is 4.56. The second-order valence-electron chi connectivity index (χ2n) is 6.59. The zero-order valence-corrected chi connectivity index (χ0v) is 19.3. The van der Waals surface area contributed by atoms with Crippen molar-refractivity contribution in [1.29, 1.82) is 0 Å². The SMILES string of the molecule is CCn1c(COc2cccc(C)c2C)nnc1SCC(=O)Nc1ccc(Br)cc1F. The van der Waals surface area contributed by atoms with Gasteiger partial charge in [-0.3, -0.25) is 4.79 Å². The van der Waals surface area contributed by atoms with Crippen LogP contribution in [-0.4, -0.2) is 26.4 Å². The Bertz CT molecular complexity index is 1060. The van der Waals surface area contributed by atoms with Gasteiger partial charge in [-0.15, -0.1) is 10.2 Å². The van der Waals surface area contributed by atoms with E-state index in [2.05, 4.69) is 31.4 Å². The van der Waals surface area contributed by atoms with Crippen LogP contribution < -0.4 is 10.1 Å². The fourth-order valence-electron chi connectivity index (χ4n) is 2.78. The van der Waals surface area contributed by atoms with Gasteiger partial charge in [-0.05, 0) is 56.2 Å². The summed E-state index contributed by atoms with van der Waals surface area (Å²) in [5.41, 5.74) is 2.39. The van der Waals surface area contributed by atoms with Gasteiger partial charge in [0.05, 0.1) is 11.4 Å². The summed E-state index contributed by atoms with van der Waals surface area (Å²) in [6.45, 7) is 6.96. The van der Waals surface area contributed by atoms with Gasteiger partial charge in [0.1, 0.15) is 18.2 Å². The monoisotopic (exact) mass is 492 g/mol. The van der Waals surface area contributed by atoms with Crippen molar-refractivity contribution in [3.8, 4) is 5.75 Å². The molecule has 0 saturated carbocycles. The Kier molecular flexibility index (Phi) is 7.49. The molecule has 0 bridgehead atoms. The molecule has 0 aliphatic carbocycles. The molecular weight excluding hydrogens is 471 g/mol. The topological polar surface area (TPSA) is 69.0 Å². The van der Waals surface area contributed by atoms with Crippen LogP contribution in [0.5, 0.6) is 5.75 Å². The number of aromatic nitrogens is 3. The van der Waals surface area contributed by atoms with Crippen LogP contribution in [0, 0.1) is 19.7 Å². The van der Waals surface area contributed by atoms with Gasteiger partial charge in [0.15, 0.2) is 11.0 Å². The number of anilines is 1. The van der Waals surface area contributed by atoms with E-state index >= 15 is 0 Å². The van der Waals surface area contributed by atoms with E-state index < -0.39 is 5.82 Å². The van der Waals surface area contributed by atoms with Crippen molar-refractivity contribution in [1.82, 2.24) is 14.8 Å². The second kappa shape index (κ2) is 10.1. The molecular formula is C21H22BrFN4O2S. The minimum Gasteiger partial charge on any atom is -0.485 e. The van der Waals surface area contributed by atoms with Crippen LogP contribution in [0.15, 0.2) is 46.0 Å². The average molecular weight is 493 g/mol. The summed E-state index contributed by atoms with van der Waals surface area (Å²) in [4.78, 5) is 12.2. The second-order valence-corrected chi connectivity index (χ2v) is 8.45. The van der Waals surface area contributed by atoms with Crippen molar-refractivity contribution < 1.29 is 13.9 Å². The maximum atomic E-state index is 13.9. The summed E-state index contributed by atoms with van der Waals surface area (Å²) in [5, 5.41) is 11.6. The van der Waals surface area contributed by atoms with Crippen molar-refractivity contribution in [3.63, 3.8) is 0 Å². The van der Waals surface area contributed by atoms with E-state index in [4.69, 9.17) is 4.74 Å². The molecule has 3 rings (SSSR count). The first kappa shape index (κ1) is 22.3. The fourth-order valence-corrected chi connectivity index (χ4v) is 3.93. The molecule has 2 aromatic carbocycles. The van der Waals surface area contributed by atoms with E-state index in [1.165, 1.54) is 23.9 Å². The third-order valence-corrected chi connectivity index (χ3v) is 6.02. The van der Waals surface area contributed by atoms with Crippen LogP contribution in [0.3, 0.4) is 0 Å². The van der Waals surface area contributed by atoms with Crippen molar-refractivity contribution in [2.24, 2.45) is 0 Å². The molecule has 0 radical (unpaired) electrons. The van der Waals surface area contributed by atoms with Crippen molar-refractivity contribution in [3.05, 3.63) is 63.6 Å². The molecule has 0 aliphatic rings. The first-order valence-electron chi connectivity index (χ1n) is 9.37. The predicted molar refractivity (Wildman–Crippen MR) is 119 cm³/mol. The van der Waals surface area contributed by atoms with Crippen molar-refractivity contribution in [2.75, 3.05) is 11.1 Å². The van der Waals surface area contributed by atoms with E-state index in [0.29, 0.717) is 22.0 Å². The number of amides is 1. The number of hydrogen-bond acceptors (Lipinski definition) is 5. The summed E-state index contributed by atoms with van der Waals surface area (Å²) in [7, 11) is 0. The molecule has 0 aliphatic heterocycles. The van der Waals surface area contributed by atoms with E-state index in [0.717, 1.165) is 16.9 Å². The number of thioether (sulfide) groups is 1. The lowest BCUT2D eigenvalue weighted by Crippen LogP contribution is -2.15. The van der Waals surface area contributed by atoms with Gasteiger partial charge < -0.3 is 14.6 Å². The molecule has 1 N–H and O–H groups in total. The first-order valence-corrected chi connectivity index (χ1v) is 11.2. The largest absolute Gasteiger partial charge is 0.485 e. The van der Waals surface area contributed by atoms with Crippen LogP contribution in [0.1, 0.15) is 23.9 Å². The molecule has 0 unspecified atom stereocenters. The number of nitrogens with zero attached hydrogens (tertiary/aromatic N) is 3. The molecule has 1 heterocycles. The molecule has 9 heteroatoms. The number of halogens is 2. The zero-order valence-electron chi connectivity index (χ0n) is 16.9. The molecule has 3 aromatic rings. The molecule has 0 spiro atoms. The Hall–Kier alpha value is -2.39. The smallest absolute Gasteiger partial charge is 0.234 e. The molecule has 0 atom stereocenters. The Morgan fingerprint density at radius 2 is 2.07 bits per heavy atom. The minimum atomic E-state index is -0.495. The Balaban J connectivity index is 1.61. The summed E-state index contributed by atoms with van der Waals surface area (Å²) >= 11 is 4.44. The fraction of sp³-hybridized carbons (Fsp3) is 0.286. The molecule has 0 saturated heterocycles. The zero-order chi connectivity index (χ0) is 21.7. The number of carbonyl (C=O) groups excluding carboxylic acids is 1. The summed E-state index contributed by atoms with van der Waals surface area (Å²) in [6, 6.07) is 10.4. The van der Waals surface area contributed by atoms with E-state index in [1.807, 2.05) is 43.5 Å². The number of benzene rings is 2. The van der Waals surface area contributed by atoms with Crippen LogP contribution in [-0.2, 0) is 17.9 Å². The predicted octanol–water partition coefficient (Wildman–Crippen LogP) is 5.13. The molecule has 30 heavy (non-hydrogen) atoms. The normalized spacial score (nSPS) is 10.8. The lowest BCUT2D eigenvalue weighted by molar-refractivity contribution is -0.113. The minimum absolute atomic E-state index is 0.0888. The Labute approximate surface area is 187 Å². The standard InChI is InChI=1S/C21H22BrFN4O2S/c1-4-27-19(11-29-18-7-5-6-13(2)14(18)3)25-26-21(27)30-12-20(28)24-17-9-8-15(22)10-16(17)23/h5-10H,4,11-12H2,1-3H3,(H,24,28). The van der Waals surface area contributed by atoms with Gasteiger partial charge in [0.2, 0.25) is 5.91 Å². The van der Waals surface area contributed by atoms with E-state index in [9.17, 15) is 9.18 Å². The van der Waals surface area contributed by atoms with Crippen LogP contribution >= 0.6 is 27.7 Å². The van der Waals surface area contributed by atoms with E-state index in [1.54, 1.807) is 6.07 Å². The van der Waals surface area contributed by atoms with Gasteiger partial charge in [0.25, 0.3) is 0 Å². The molecule has 0 fully saturated rings. The molecule has 1 amide bonds. The third kappa shape index (κ3) is 5.40. The van der Waals surface area contributed by atoms with E-state index in [-0.39, 0.29) is 24.0 Å². The number of rotatable bonds is 8. The lowest BCUT2D eigenvalue weighted by atomic mass is 10.1. The quantitative estimate of drug-likeness (QED) is 0.441. The van der Waals surface area contributed by atoms with Crippen LogP contribution in [0.25, 0.3) is 0 Å². The van der Waals surface area contributed by atoms with Gasteiger partial charge in [-0.1, -0.05) is 39.8 Å². The van der Waals surface area contributed by atoms with Gasteiger partial charge in [0, 0.05) is 11.0 Å². The highest BCUT2D eigenvalue weighted by Gasteiger charge is 2.15. The van der Waals surface area contributed by atoms with Crippen molar-refractivity contribution >= 4 is 39.3 Å². The molecule has 1 aromatic heterocycles. The lowest BCUT2D eigenvalue weighted by Gasteiger charge is -2.12. The highest BCUT2D eigenvalue weighted by Crippen LogP contribution is 2.23. The maximum absolute atomic E-state index is 13.9. The van der Waals surface area contributed by atoms with Gasteiger partial charge in [-0.2, -0.15) is 0 Å². The van der Waals surface area contributed by atoms with Crippen LogP contribution in [0.2, 0.25) is 0 Å². The molecule has 158 valence electrons. The number of carbonyl (C=O) groups is 1. The highest BCUT2D eigenvalue weighted by atomic mass is 79.9. The maximum Gasteiger partial charge on any atom is 0.234 e. The summed E-state index contributed by atoms with van der Waals surface area (Å²) in [6.07, 6.45) is 0. The summed E-state index contributed by atoms with van der Waals surface area (Å²) < 4.78 is 22.3. The number of nitrogens with one attached hydrogen (secondary N) is 1. The van der Waals surface area contributed by atoms with Gasteiger partial charge in [-0.25, -0.2) is 4.39 Å². The van der Waals surface area contributed by atoms with Gasteiger partial charge >= 0.3 is 0 Å². The first-order chi connectivity index (χ1) is 14.4. The Morgan fingerprint density at radius 3 is 2.80 bits per heavy atom. The number of aryl methyl sites for hydroxylation is 1. The highest BCUT2D eigenvalue weighted by molar-refractivity contribution is 9.10. The Morgan fingerprint density at radius 1 is 1.27 bits per heavy atom. The number of ether oxygens (including phenoxy) is 1. The average Bonchev–Trinajstić information content (AvgIpc) is 3.11. The molecule has 6 nitrogen and oxygen atoms in total. The van der Waals surface area contributed by atoms with Crippen molar-refractivity contribution in [2.45, 2.75) is 39.1 Å². The number of hydrogen-bond donors (Lipinski definition) is 1.